The molecule has 2 heteroatoms. The molecule has 0 bridgehead atoms. The Morgan fingerprint density at radius 1 is 1.21 bits per heavy atom. The van der Waals surface area contributed by atoms with E-state index in [-0.39, 0.29) is 0 Å². The molecule has 0 aliphatic rings. The van der Waals surface area contributed by atoms with E-state index in [2.05, 4.69) is 24.9 Å². The largest absolute Gasteiger partial charge is 0.472 e. The van der Waals surface area contributed by atoms with Gasteiger partial charge in [0.05, 0.1) is 18.2 Å². The van der Waals surface area contributed by atoms with Crippen molar-refractivity contribution in [1.82, 2.24) is 4.98 Å². The van der Waals surface area contributed by atoms with E-state index in [1.807, 2.05) is 18.3 Å². The molecule has 2 heterocycles. The van der Waals surface area contributed by atoms with Gasteiger partial charge in [0, 0.05) is 11.8 Å². The molecule has 0 aliphatic heterocycles. The van der Waals surface area contributed by atoms with Gasteiger partial charge in [-0.3, -0.25) is 4.98 Å². The second-order valence-corrected chi connectivity index (χ2v) is 3.64. The maximum Gasteiger partial charge on any atom is 0.0996 e. The highest BCUT2D eigenvalue weighted by Crippen LogP contribution is 2.19. The van der Waals surface area contributed by atoms with Crippen LogP contribution in [0.15, 0.2) is 41.3 Å². The Balaban J connectivity index is 2.31. The minimum absolute atomic E-state index is 0.529. The summed E-state index contributed by atoms with van der Waals surface area (Å²) in [5.74, 6) is 0.529. The van der Waals surface area contributed by atoms with Gasteiger partial charge in [-0.1, -0.05) is 19.9 Å². The van der Waals surface area contributed by atoms with Gasteiger partial charge in [-0.15, -0.1) is 0 Å². The molecule has 2 rings (SSSR count). The molecule has 2 aromatic rings. The van der Waals surface area contributed by atoms with Crippen molar-refractivity contribution in [2.24, 2.45) is 0 Å². The molecular weight excluding hydrogens is 174 g/mol. The van der Waals surface area contributed by atoms with E-state index in [0.717, 1.165) is 11.3 Å². The predicted octanol–water partition coefficient (Wildman–Crippen LogP) is 3.47. The summed E-state index contributed by atoms with van der Waals surface area (Å²) in [6.07, 6.45) is 5.29. The molecular formula is C12H13NO. The molecule has 0 unspecified atom stereocenters. The van der Waals surface area contributed by atoms with E-state index >= 15 is 0 Å². The van der Waals surface area contributed by atoms with Crippen molar-refractivity contribution in [3.05, 3.63) is 42.5 Å². The van der Waals surface area contributed by atoms with Crippen LogP contribution < -0.4 is 0 Å². The summed E-state index contributed by atoms with van der Waals surface area (Å²) >= 11 is 0. The summed E-state index contributed by atoms with van der Waals surface area (Å²) in [6, 6.07) is 6.05. The lowest BCUT2D eigenvalue weighted by Crippen LogP contribution is -1.89. The van der Waals surface area contributed by atoms with Gasteiger partial charge in [0.15, 0.2) is 0 Å². The molecule has 0 spiro atoms. The Labute approximate surface area is 83.6 Å². The number of aromatic nitrogens is 1. The fourth-order valence-corrected chi connectivity index (χ4v) is 1.33. The van der Waals surface area contributed by atoms with E-state index in [0.29, 0.717) is 5.92 Å². The quantitative estimate of drug-likeness (QED) is 0.719. The van der Waals surface area contributed by atoms with Gasteiger partial charge >= 0.3 is 0 Å². The molecule has 0 saturated heterocycles. The normalized spacial score (nSPS) is 10.8. The van der Waals surface area contributed by atoms with Crippen LogP contribution in [-0.2, 0) is 0 Å². The van der Waals surface area contributed by atoms with Crippen molar-refractivity contribution in [3.63, 3.8) is 0 Å². The average molecular weight is 187 g/mol. The van der Waals surface area contributed by atoms with Crippen LogP contribution in [0.25, 0.3) is 11.3 Å². The van der Waals surface area contributed by atoms with Crippen LogP contribution in [-0.4, -0.2) is 4.98 Å². The zero-order chi connectivity index (χ0) is 9.97. The Hall–Kier alpha value is -1.57. The molecule has 0 aliphatic carbocycles. The summed E-state index contributed by atoms with van der Waals surface area (Å²) in [5.41, 5.74) is 3.25. The molecule has 14 heavy (non-hydrogen) atoms. The molecule has 0 atom stereocenters. The van der Waals surface area contributed by atoms with Crippen LogP contribution in [0.1, 0.15) is 25.3 Å². The minimum Gasteiger partial charge on any atom is -0.472 e. The molecule has 0 N–H and O–H groups in total. The number of hydrogen-bond acceptors (Lipinski definition) is 2. The highest BCUT2D eigenvalue weighted by Gasteiger charge is 2.02. The second kappa shape index (κ2) is 3.66. The van der Waals surface area contributed by atoms with Crippen LogP contribution in [0, 0.1) is 0 Å². The number of nitrogens with zero attached hydrogens (tertiary/aromatic N) is 1. The molecule has 0 fully saturated rings. The van der Waals surface area contributed by atoms with Crippen LogP contribution in [0.5, 0.6) is 0 Å². The van der Waals surface area contributed by atoms with Crippen molar-refractivity contribution in [3.8, 4) is 11.3 Å². The van der Waals surface area contributed by atoms with Gasteiger partial charge in [-0.2, -0.15) is 0 Å². The topological polar surface area (TPSA) is 26.0 Å². The number of rotatable bonds is 2. The molecule has 2 nitrogen and oxygen atoms in total. The zero-order valence-electron chi connectivity index (χ0n) is 8.40. The number of furan rings is 1. The van der Waals surface area contributed by atoms with Gasteiger partial charge < -0.3 is 4.42 Å². The first-order valence-corrected chi connectivity index (χ1v) is 4.76. The average Bonchev–Trinajstić information content (AvgIpc) is 2.71. The van der Waals surface area contributed by atoms with Gasteiger partial charge in [-0.25, -0.2) is 0 Å². The highest BCUT2D eigenvalue weighted by molar-refractivity contribution is 5.57. The first-order valence-electron chi connectivity index (χ1n) is 4.76. The Morgan fingerprint density at radius 3 is 2.57 bits per heavy atom. The van der Waals surface area contributed by atoms with Gasteiger partial charge in [0.2, 0.25) is 0 Å². The third kappa shape index (κ3) is 1.69. The van der Waals surface area contributed by atoms with E-state index in [1.54, 1.807) is 12.5 Å². The third-order valence-electron chi connectivity index (χ3n) is 2.27. The van der Waals surface area contributed by atoms with Crippen molar-refractivity contribution in [1.29, 1.82) is 0 Å². The predicted molar refractivity (Wildman–Crippen MR) is 56.0 cm³/mol. The minimum atomic E-state index is 0.529. The summed E-state index contributed by atoms with van der Waals surface area (Å²) in [7, 11) is 0. The first kappa shape index (κ1) is 9.00. The van der Waals surface area contributed by atoms with Crippen LogP contribution >= 0.6 is 0 Å². The maximum atomic E-state index is 5.01. The van der Waals surface area contributed by atoms with Crippen molar-refractivity contribution in [2.75, 3.05) is 0 Å². The van der Waals surface area contributed by atoms with Crippen LogP contribution in [0.2, 0.25) is 0 Å². The third-order valence-corrected chi connectivity index (χ3v) is 2.27. The lowest BCUT2D eigenvalue weighted by Gasteiger charge is -2.04. The molecule has 0 amide bonds. The summed E-state index contributed by atoms with van der Waals surface area (Å²) < 4.78 is 5.01. The van der Waals surface area contributed by atoms with Crippen LogP contribution in [0.3, 0.4) is 0 Å². The molecule has 0 aromatic carbocycles. The smallest absolute Gasteiger partial charge is 0.0996 e. The Bertz CT molecular complexity index is 387. The van der Waals surface area contributed by atoms with Crippen LogP contribution in [0.4, 0.5) is 0 Å². The number of hydrogen-bond donors (Lipinski definition) is 0. The summed E-state index contributed by atoms with van der Waals surface area (Å²) in [4.78, 5) is 4.38. The van der Waals surface area contributed by atoms with Crippen molar-refractivity contribution < 1.29 is 4.42 Å². The van der Waals surface area contributed by atoms with Gasteiger partial charge in [-0.05, 0) is 23.6 Å². The zero-order valence-corrected chi connectivity index (χ0v) is 8.40. The molecule has 72 valence electrons. The lowest BCUT2D eigenvalue weighted by molar-refractivity contribution is 0.568. The lowest BCUT2D eigenvalue weighted by atomic mass is 10.1. The van der Waals surface area contributed by atoms with E-state index in [9.17, 15) is 0 Å². The Morgan fingerprint density at radius 2 is 2.07 bits per heavy atom. The first-order chi connectivity index (χ1) is 6.77. The van der Waals surface area contributed by atoms with Gasteiger partial charge in [0.25, 0.3) is 0 Å². The van der Waals surface area contributed by atoms with E-state index < -0.39 is 0 Å². The SMILES string of the molecule is CC(C)c1ccc(-c2ccoc2)nc1. The fraction of sp³-hybridized carbons (Fsp3) is 0.250. The molecule has 0 radical (unpaired) electrons. The Kier molecular flexibility index (Phi) is 2.35. The highest BCUT2D eigenvalue weighted by atomic mass is 16.3. The van der Waals surface area contributed by atoms with Crippen molar-refractivity contribution >= 4 is 0 Å². The monoisotopic (exact) mass is 187 g/mol. The second-order valence-electron chi connectivity index (χ2n) is 3.64. The summed E-state index contributed by atoms with van der Waals surface area (Å²) in [5, 5.41) is 0. The van der Waals surface area contributed by atoms with E-state index in [4.69, 9.17) is 4.42 Å². The maximum absolute atomic E-state index is 5.01. The summed E-state index contributed by atoms with van der Waals surface area (Å²) in [6.45, 7) is 4.32. The molecule has 0 saturated carbocycles. The van der Waals surface area contributed by atoms with Gasteiger partial charge in [0.1, 0.15) is 0 Å². The van der Waals surface area contributed by atoms with Crippen molar-refractivity contribution in [2.45, 2.75) is 19.8 Å². The standard InChI is InChI=1S/C12H13NO/c1-9(2)10-3-4-12(13-7-10)11-5-6-14-8-11/h3-9H,1-2H3. The molecule has 2 aromatic heterocycles. The van der Waals surface area contributed by atoms with E-state index in [1.165, 1.54) is 5.56 Å². The fourth-order valence-electron chi connectivity index (χ4n) is 1.33. The number of pyridine rings is 1.